The van der Waals surface area contributed by atoms with E-state index in [0.29, 0.717) is 29.5 Å². The summed E-state index contributed by atoms with van der Waals surface area (Å²) in [6.07, 6.45) is -0.0304. The second-order valence-electron chi connectivity index (χ2n) is 3.41. The lowest BCUT2D eigenvalue weighted by atomic mass is 10.0. The van der Waals surface area contributed by atoms with Crippen LogP contribution in [-0.4, -0.2) is 25.5 Å². The number of hydrogen-bond acceptors (Lipinski definition) is 4. The zero-order valence-electron chi connectivity index (χ0n) is 9.20. The molecule has 1 heterocycles. The topological polar surface area (TPSA) is 59.9 Å². The molecule has 0 aliphatic carbocycles. The Morgan fingerprint density at radius 1 is 1.59 bits per heavy atom. The molecular formula is C11H11ClN2O3. The fourth-order valence-corrected chi connectivity index (χ4v) is 1.66. The van der Waals surface area contributed by atoms with Crippen LogP contribution in [0, 0.1) is 0 Å². The van der Waals surface area contributed by atoms with Crippen molar-refractivity contribution in [3.63, 3.8) is 0 Å². The Morgan fingerprint density at radius 3 is 3.18 bits per heavy atom. The Hall–Kier alpha value is -1.75. The molecule has 0 spiro atoms. The van der Waals surface area contributed by atoms with E-state index in [2.05, 4.69) is 15.3 Å². The monoisotopic (exact) mass is 254 g/mol. The van der Waals surface area contributed by atoms with Crippen molar-refractivity contribution in [3.05, 3.63) is 28.8 Å². The van der Waals surface area contributed by atoms with E-state index in [1.54, 1.807) is 18.2 Å². The van der Waals surface area contributed by atoms with Crippen LogP contribution in [0.4, 0.5) is 4.79 Å². The zero-order valence-corrected chi connectivity index (χ0v) is 9.95. The van der Waals surface area contributed by atoms with Gasteiger partial charge in [-0.3, -0.25) is 4.84 Å². The van der Waals surface area contributed by atoms with Gasteiger partial charge in [0.1, 0.15) is 5.75 Å². The first-order chi connectivity index (χ1) is 8.20. The lowest BCUT2D eigenvalue weighted by Gasteiger charge is -2.18. The molecule has 17 heavy (non-hydrogen) atoms. The van der Waals surface area contributed by atoms with Crippen molar-refractivity contribution in [2.75, 3.05) is 13.7 Å². The van der Waals surface area contributed by atoms with Crippen LogP contribution in [0.2, 0.25) is 5.02 Å². The van der Waals surface area contributed by atoms with Crippen molar-refractivity contribution >= 4 is 23.4 Å². The summed E-state index contributed by atoms with van der Waals surface area (Å²) in [5.74, 6) is 0.694. The maximum Gasteiger partial charge on any atom is 0.433 e. The third-order valence-corrected chi connectivity index (χ3v) is 2.53. The number of ether oxygens (including phenoxy) is 1. The Labute approximate surface area is 103 Å². The number of fused-ring (bicyclic) bond motifs is 1. The average molecular weight is 255 g/mol. The van der Waals surface area contributed by atoms with Gasteiger partial charge < -0.3 is 10.1 Å². The highest BCUT2D eigenvalue weighted by atomic mass is 35.5. The first-order valence-corrected chi connectivity index (χ1v) is 5.47. The van der Waals surface area contributed by atoms with Gasteiger partial charge in [0.15, 0.2) is 0 Å². The molecule has 6 heteroatoms. The number of nitrogens with one attached hydrogen (secondary N) is 1. The molecule has 0 radical (unpaired) electrons. The minimum atomic E-state index is -0.604. The predicted octanol–water partition coefficient (Wildman–Crippen LogP) is 2.18. The van der Waals surface area contributed by atoms with Gasteiger partial charge in [-0.2, -0.15) is 0 Å². The van der Waals surface area contributed by atoms with E-state index in [1.807, 2.05) is 0 Å². The van der Waals surface area contributed by atoms with Crippen LogP contribution in [0.5, 0.6) is 5.75 Å². The molecule has 1 aromatic rings. The first kappa shape index (κ1) is 11.7. The molecule has 0 unspecified atom stereocenters. The third-order valence-electron chi connectivity index (χ3n) is 2.29. The molecule has 1 aliphatic rings. The van der Waals surface area contributed by atoms with Crippen molar-refractivity contribution in [1.82, 2.24) is 5.32 Å². The molecular weight excluding hydrogens is 244 g/mol. The van der Waals surface area contributed by atoms with E-state index >= 15 is 0 Å². The molecule has 1 aliphatic heterocycles. The highest BCUT2D eigenvalue weighted by Gasteiger charge is 2.18. The van der Waals surface area contributed by atoms with Crippen LogP contribution in [-0.2, 0) is 4.84 Å². The minimum Gasteiger partial charge on any atom is -0.492 e. The van der Waals surface area contributed by atoms with Gasteiger partial charge in [0.25, 0.3) is 0 Å². The van der Waals surface area contributed by atoms with Crippen LogP contribution in [0.15, 0.2) is 23.4 Å². The SMILES string of the molecule is CNC(=O)O/N=C1\CCOc2ccc(Cl)cc21. The molecule has 0 fully saturated rings. The summed E-state index contributed by atoms with van der Waals surface area (Å²) < 4.78 is 5.45. The van der Waals surface area contributed by atoms with E-state index < -0.39 is 6.09 Å². The van der Waals surface area contributed by atoms with E-state index in [1.165, 1.54) is 7.05 Å². The van der Waals surface area contributed by atoms with Gasteiger partial charge in [-0.15, -0.1) is 0 Å². The molecule has 0 bridgehead atoms. The molecule has 1 amide bonds. The molecule has 0 aromatic heterocycles. The van der Waals surface area contributed by atoms with E-state index in [4.69, 9.17) is 16.3 Å². The zero-order chi connectivity index (χ0) is 12.3. The van der Waals surface area contributed by atoms with Crippen molar-refractivity contribution in [1.29, 1.82) is 0 Å². The summed E-state index contributed by atoms with van der Waals surface area (Å²) in [7, 11) is 1.47. The van der Waals surface area contributed by atoms with Gasteiger partial charge in [0.05, 0.1) is 12.3 Å². The summed E-state index contributed by atoms with van der Waals surface area (Å²) in [5.41, 5.74) is 1.41. The van der Waals surface area contributed by atoms with Crippen LogP contribution in [0.1, 0.15) is 12.0 Å². The first-order valence-electron chi connectivity index (χ1n) is 5.09. The van der Waals surface area contributed by atoms with Crippen LogP contribution in [0.25, 0.3) is 0 Å². The fraction of sp³-hybridized carbons (Fsp3) is 0.273. The van der Waals surface area contributed by atoms with E-state index in [-0.39, 0.29) is 0 Å². The molecule has 1 N–H and O–H groups in total. The predicted molar refractivity (Wildman–Crippen MR) is 63.6 cm³/mol. The molecule has 1 aromatic carbocycles. The van der Waals surface area contributed by atoms with Crippen molar-refractivity contribution < 1.29 is 14.4 Å². The molecule has 5 nitrogen and oxygen atoms in total. The quantitative estimate of drug-likeness (QED) is 0.617. The maximum atomic E-state index is 10.9. The van der Waals surface area contributed by atoms with Crippen LogP contribution < -0.4 is 10.1 Å². The number of benzene rings is 1. The maximum absolute atomic E-state index is 10.9. The largest absolute Gasteiger partial charge is 0.492 e. The number of carbonyl (C=O) groups is 1. The fourth-order valence-electron chi connectivity index (χ4n) is 1.48. The van der Waals surface area contributed by atoms with Gasteiger partial charge in [-0.1, -0.05) is 16.8 Å². The molecule has 0 saturated carbocycles. The van der Waals surface area contributed by atoms with Gasteiger partial charge in [-0.05, 0) is 18.2 Å². The third kappa shape index (κ3) is 2.68. The number of carbonyl (C=O) groups excluding carboxylic acids is 1. The summed E-state index contributed by atoms with van der Waals surface area (Å²) in [6, 6.07) is 5.25. The molecule has 2 rings (SSSR count). The lowest BCUT2D eigenvalue weighted by molar-refractivity contribution is 0.152. The standard InChI is InChI=1S/C11H11ClN2O3/c1-13-11(15)17-14-9-4-5-16-10-3-2-7(12)6-8(9)10/h2-3,6H,4-5H2,1H3,(H,13,15)/b14-9+. The molecule has 0 atom stereocenters. The number of oxime groups is 1. The summed E-state index contributed by atoms with van der Waals surface area (Å²) >= 11 is 5.90. The average Bonchev–Trinajstić information content (AvgIpc) is 2.35. The number of hydrogen-bond donors (Lipinski definition) is 1. The van der Waals surface area contributed by atoms with E-state index in [0.717, 1.165) is 5.56 Å². The Morgan fingerprint density at radius 2 is 2.41 bits per heavy atom. The number of amides is 1. The summed E-state index contributed by atoms with van der Waals surface area (Å²) in [5, 5.41) is 6.70. The smallest absolute Gasteiger partial charge is 0.433 e. The highest BCUT2D eigenvalue weighted by Crippen LogP contribution is 2.28. The minimum absolute atomic E-state index is 0.505. The Balaban J connectivity index is 2.27. The van der Waals surface area contributed by atoms with Gasteiger partial charge in [0.2, 0.25) is 0 Å². The summed E-state index contributed by atoms with van der Waals surface area (Å²) in [4.78, 5) is 15.6. The highest BCUT2D eigenvalue weighted by molar-refractivity contribution is 6.31. The lowest BCUT2D eigenvalue weighted by Crippen LogP contribution is -2.20. The molecule has 90 valence electrons. The normalized spacial score (nSPS) is 16.0. The summed E-state index contributed by atoms with van der Waals surface area (Å²) in [6.45, 7) is 0.505. The number of halogens is 1. The van der Waals surface area contributed by atoms with Gasteiger partial charge in [-0.25, -0.2) is 4.79 Å². The van der Waals surface area contributed by atoms with Crippen molar-refractivity contribution in [3.8, 4) is 5.75 Å². The van der Waals surface area contributed by atoms with Crippen LogP contribution >= 0.6 is 11.6 Å². The number of nitrogens with zero attached hydrogens (tertiary/aromatic N) is 1. The van der Waals surface area contributed by atoms with E-state index in [9.17, 15) is 4.79 Å². The van der Waals surface area contributed by atoms with Crippen LogP contribution in [0.3, 0.4) is 0 Å². The van der Waals surface area contributed by atoms with Gasteiger partial charge >= 0.3 is 6.09 Å². The van der Waals surface area contributed by atoms with Crippen molar-refractivity contribution in [2.45, 2.75) is 6.42 Å². The second-order valence-corrected chi connectivity index (χ2v) is 3.84. The van der Waals surface area contributed by atoms with Gasteiger partial charge in [0, 0.05) is 24.1 Å². The number of rotatable bonds is 1. The van der Waals surface area contributed by atoms with Crippen molar-refractivity contribution in [2.24, 2.45) is 5.16 Å². The Kier molecular flexibility index (Phi) is 3.49. The molecule has 0 saturated heterocycles. The second kappa shape index (κ2) is 5.05. The Bertz CT molecular complexity index is 474.